The zero-order valence-electron chi connectivity index (χ0n) is 16.8. The minimum Gasteiger partial charge on any atom is -0.479 e. The molecule has 0 aromatic heterocycles. The highest BCUT2D eigenvalue weighted by molar-refractivity contribution is 14.1. The molecule has 0 spiro atoms. The molecule has 0 fully saturated rings. The number of aliphatic carboxylic acids is 1. The van der Waals surface area contributed by atoms with Gasteiger partial charge in [-0.2, -0.15) is 0 Å². The van der Waals surface area contributed by atoms with E-state index in [0.717, 1.165) is 6.92 Å². The van der Waals surface area contributed by atoms with Crippen LogP contribution in [0.4, 0.5) is 5.69 Å². The molecule has 1 aromatic carbocycles. The number of rotatable bonds is 9. The summed E-state index contributed by atoms with van der Waals surface area (Å²) in [6.07, 6.45) is -0.00798. The Labute approximate surface area is 219 Å². The van der Waals surface area contributed by atoms with Crippen LogP contribution < -0.4 is 21.7 Å². The van der Waals surface area contributed by atoms with Crippen molar-refractivity contribution in [3.8, 4) is 0 Å². The van der Waals surface area contributed by atoms with Gasteiger partial charge in [0.15, 0.2) is 11.3 Å². The van der Waals surface area contributed by atoms with Gasteiger partial charge in [-0.1, -0.05) is 0 Å². The normalized spacial score (nSPS) is 12.5. The largest absolute Gasteiger partial charge is 0.479 e. The topological polar surface area (TPSA) is 168 Å². The van der Waals surface area contributed by atoms with E-state index in [1.54, 1.807) is 0 Å². The molecular formula is C18H21I3N4O6. The molecule has 170 valence electrons. The highest BCUT2D eigenvalue weighted by Crippen LogP contribution is 2.36. The van der Waals surface area contributed by atoms with E-state index in [2.05, 4.69) is 16.0 Å². The Morgan fingerprint density at radius 3 is 1.87 bits per heavy atom. The Balaban J connectivity index is 3.77. The van der Waals surface area contributed by atoms with Gasteiger partial charge in [0.25, 0.3) is 11.8 Å². The Kier molecular flexibility index (Phi) is 10.5. The van der Waals surface area contributed by atoms with Crippen LogP contribution in [0.25, 0.3) is 0 Å². The molecule has 3 amide bonds. The minimum atomic E-state index is -2.17. The van der Waals surface area contributed by atoms with E-state index in [1.807, 2.05) is 67.8 Å². The average Bonchev–Trinajstić information content (AvgIpc) is 2.67. The summed E-state index contributed by atoms with van der Waals surface area (Å²) >= 11 is 5.55. The van der Waals surface area contributed by atoms with Crippen molar-refractivity contribution in [2.45, 2.75) is 32.2 Å². The Morgan fingerprint density at radius 1 is 0.968 bits per heavy atom. The molecule has 10 nitrogen and oxygen atoms in total. The van der Waals surface area contributed by atoms with Gasteiger partial charge in [0.2, 0.25) is 5.91 Å². The fraction of sp³-hybridized carbons (Fsp3) is 0.389. The Hall–Kier alpha value is -1.08. The van der Waals surface area contributed by atoms with Gasteiger partial charge in [0.1, 0.15) is 0 Å². The third-order valence-electron chi connectivity index (χ3n) is 4.35. The highest BCUT2D eigenvalue weighted by Gasteiger charge is 2.45. The lowest BCUT2D eigenvalue weighted by atomic mass is 9.88. The number of benzene rings is 1. The molecule has 1 aromatic rings. The van der Waals surface area contributed by atoms with Crippen LogP contribution in [0.3, 0.4) is 0 Å². The van der Waals surface area contributed by atoms with Crippen molar-refractivity contribution in [2.24, 2.45) is 5.73 Å². The second kappa shape index (κ2) is 11.7. The first kappa shape index (κ1) is 28.0. The number of hydrogen-bond acceptors (Lipinski definition) is 6. The van der Waals surface area contributed by atoms with Gasteiger partial charge in [-0.3, -0.25) is 19.2 Å². The average molecular weight is 770 g/mol. The second-order valence-electron chi connectivity index (χ2n) is 6.44. The number of nitrogens with one attached hydrogen (secondary N) is 3. The van der Waals surface area contributed by atoms with Crippen molar-refractivity contribution in [3.63, 3.8) is 0 Å². The predicted octanol–water partition coefficient (Wildman–Crippen LogP) is 1.70. The lowest BCUT2D eigenvalue weighted by Gasteiger charge is -2.29. The third kappa shape index (κ3) is 6.04. The third-order valence-corrected chi connectivity index (χ3v) is 7.58. The monoisotopic (exact) mass is 770 g/mol. The number of Topliss-reactive ketones (excluding diaryl/α,β-unsaturated/α-hetero) is 1. The zero-order chi connectivity index (χ0) is 24.1. The first-order valence-corrected chi connectivity index (χ1v) is 12.1. The standard InChI is InChI=1S/C18H21I3N4O6/c1-7(26)18(17(30)31,5-4-6-22)25-16(29)10-11(19)9(15(28)23-3)12(20)14(13(10)21)24-8(2)27/h4-6,22H2,1-3H3,(H,23,28)(H,24,27)(H,25,29)(H,30,31)/t18-/m1/s1. The number of carboxylic acid groups (broad SMARTS) is 1. The van der Waals surface area contributed by atoms with E-state index in [1.165, 1.54) is 14.0 Å². The van der Waals surface area contributed by atoms with Crippen molar-refractivity contribution in [1.29, 1.82) is 0 Å². The summed E-state index contributed by atoms with van der Waals surface area (Å²) in [5.41, 5.74) is 3.66. The van der Waals surface area contributed by atoms with E-state index < -0.39 is 35.0 Å². The van der Waals surface area contributed by atoms with Crippen LogP contribution in [0, 0.1) is 10.7 Å². The SMILES string of the molecule is CNC(=O)c1c(I)c(NC(C)=O)c(I)c(C(=O)N[C@](CCCN)(C(C)=O)C(=O)O)c1I. The zero-order valence-corrected chi connectivity index (χ0v) is 23.3. The molecule has 13 heteroatoms. The first-order valence-electron chi connectivity index (χ1n) is 8.82. The number of carboxylic acids is 1. The minimum absolute atomic E-state index is 0.0245. The van der Waals surface area contributed by atoms with Gasteiger partial charge < -0.3 is 26.8 Å². The van der Waals surface area contributed by atoms with Crippen LogP contribution in [0.2, 0.25) is 0 Å². The van der Waals surface area contributed by atoms with Crippen LogP contribution in [-0.4, -0.2) is 53.7 Å². The van der Waals surface area contributed by atoms with Crippen molar-refractivity contribution >= 4 is 103 Å². The quantitative estimate of drug-likeness (QED) is 0.188. The molecule has 1 rings (SSSR count). The Morgan fingerprint density at radius 2 is 1.48 bits per heavy atom. The van der Waals surface area contributed by atoms with Gasteiger partial charge in [-0.05, 0) is 94.1 Å². The maximum absolute atomic E-state index is 13.3. The van der Waals surface area contributed by atoms with Crippen LogP contribution in [0.5, 0.6) is 0 Å². The molecule has 0 heterocycles. The van der Waals surface area contributed by atoms with Crippen molar-refractivity contribution < 1.29 is 29.1 Å². The maximum Gasteiger partial charge on any atom is 0.337 e. The summed E-state index contributed by atoms with van der Waals surface area (Å²) in [6, 6.07) is 0. The van der Waals surface area contributed by atoms with Crippen LogP contribution >= 0.6 is 67.8 Å². The van der Waals surface area contributed by atoms with Crippen molar-refractivity contribution in [3.05, 3.63) is 21.8 Å². The van der Waals surface area contributed by atoms with Gasteiger partial charge in [-0.15, -0.1) is 0 Å². The number of carbonyl (C=O) groups is 5. The lowest BCUT2D eigenvalue weighted by Crippen LogP contribution is -2.59. The fourth-order valence-electron chi connectivity index (χ4n) is 2.73. The number of carbonyl (C=O) groups excluding carboxylic acids is 4. The smallest absolute Gasteiger partial charge is 0.337 e. The molecule has 0 saturated carbocycles. The lowest BCUT2D eigenvalue weighted by molar-refractivity contribution is -0.149. The molecule has 1 atom stereocenters. The molecule has 0 bridgehead atoms. The molecule has 0 unspecified atom stereocenters. The van der Waals surface area contributed by atoms with E-state index in [-0.39, 0.29) is 39.8 Å². The Bertz CT molecular complexity index is 937. The predicted molar refractivity (Wildman–Crippen MR) is 139 cm³/mol. The summed E-state index contributed by atoms with van der Waals surface area (Å²) in [7, 11) is 1.42. The van der Waals surface area contributed by atoms with Gasteiger partial charge in [0, 0.05) is 17.5 Å². The van der Waals surface area contributed by atoms with Crippen molar-refractivity contribution in [2.75, 3.05) is 18.9 Å². The van der Waals surface area contributed by atoms with E-state index >= 15 is 0 Å². The van der Waals surface area contributed by atoms with Gasteiger partial charge in [0.05, 0.1) is 24.0 Å². The molecule has 0 aliphatic heterocycles. The van der Waals surface area contributed by atoms with Gasteiger partial charge >= 0.3 is 5.97 Å². The first-order chi connectivity index (χ1) is 14.3. The molecule has 0 aliphatic carbocycles. The molecule has 0 saturated heterocycles. The van der Waals surface area contributed by atoms with Crippen LogP contribution in [0.15, 0.2) is 0 Å². The van der Waals surface area contributed by atoms with Crippen LogP contribution in [0.1, 0.15) is 47.4 Å². The summed E-state index contributed by atoms with van der Waals surface area (Å²) < 4.78 is 0.962. The molecular weight excluding hydrogens is 749 g/mol. The van der Waals surface area contributed by atoms with E-state index in [4.69, 9.17) is 5.73 Å². The number of hydrogen-bond donors (Lipinski definition) is 5. The fourth-order valence-corrected chi connectivity index (χ4v) is 7.15. The number of anilines is 1. The number of halogens is 3. The maximum atomic E-state index is 13.3. The number of amides is 3. The molecule has 0 aliphatic rings. The second-order valence-corrected chi connectivity index (χ2v) is 9.68. The molecule has 31 heavy (non-hydrogen) atoms. The van der Waals surface area contributed by atoms with Crippen molar-refractivity contribution in [1.82, 2.24) is 10.6 Å². The summed E-state index contributed by atoms with van der Waals surface area (Å²) in [5, 5.41) is 17.2. The highest BCUT2D eigenvalue weighted by atomic mass is 127. The molecule has 0 radical (unpaired) electrons. The van der Waals surface area contributed by atoms with E-state index in [9.17, 15) is 29.1 Å². The van der Waals surface area contributed by atoms with E-state index in [0.29, 0.717) is 7.14 Å². The molecule has 6 N–H and O–H groups in total. The summed E-state index contributed by atoms with van der Waals surface area (Å²) in [5.74, 6) is -4.05. The van der Waals surface area contributed by atoms with Gasteiger partial charge in [-0.25, -0.2) is 4.79 Å². The number of ketones is 1. The summed E-state index contributed by atoms with van der Waals surface area (Å²) in [4.78, 5) is 61.7. The summed E-state index contributed by atoms with van der Waals surface area (Å²) in [6.45, 7) is 2.49. The van der Waals surface area contributed by atoms with Crippen LogP contribution in [-0.2, 0) is 14.4 Å². The number of nitrogens with two attached hydrogens (primary N) is 1.